The van der Waals surface area contributed by atoms with Crippen molar-refractivity contribution in [3.63, 3.8) is 0 Å². The van der Waals surface area contributed by atoms with Crippen molar-refractivity contribution in [2.75, 3.05) is 31.1 Å². The smallest absolute Gasteiger partial charge is 0.244 e. The largest absolute Gasteiger partial charge is 0.368 e. The lowest BCUT2D eigenvalue weighted by Gasteiger charge is -2.35. The molecule has 1 aliphatic rings. The fourth-order valence-electron chi connectivity index (χ4n) is 2.66. The molecule has 0 unspecified atom stereocenters. The Labute approximate surface area is 135 Å². The number of rotatable bonds is 3. The number of sulfonamides is 1. The van der Waals surface area contributed by atoms with Gasteiger partial charge in [-0.05, 0) is 24.3 Å². The summed E-state index contributed by atoms with van der Waals surface area (Å²) in [6.45, 7) is 1.88. The maximum atomic E-state index is 12.6. The molecule has 6 nitrogen and oxygen atoms in total. The van der Waals surface area contributed by atoms with Crippen LogP contribution < -0.4 is 4.90 Å². The third kappa shape index (κ3) is 3.04. The molecule has 1 aromatic heterocycles. The number of hydrogen-bond donors (Lipinski definition) is 0. The Balaban J connectivity index is 1.75. The molecule has 0 aliphatic carbocycles. The number of pyridine rings is 1. The van der Waals surface area contributed by atoms with Crippen LogP contribution >= 0.6 is 0 Å². The van der Waals surface area contributed by atoms with Gasteiger partial charge in [-0.3, -0.25) is 4.98 Å². The second-order valence-corrected chi connectivity index (χ2v) is 7.15. The van der Waals surface area contributed by atoms with Crippen LogP contribution in [0.3, 0.4) is 0 Å². The van der Waals surface area contributed by atoms with Gasteiger partial charge in [-0.1, -0.05) is 12.1 Å². The van der Waals surface area contributed by atoms with E-state index in [0.29, 0.717) is 31.7 Å². The van der Waals surface area contributed by atoms with E-state index >= 15 is 0 Å². The van der Waals surface area contributed by atoms with Crippen LogP contribution in [0.5, 0.6) is 0 Å². The van der Waals surface area contributed by atoms with E-state index in [1.807, 2.05) is 23.1 Å². The van der Waals surface area contributed by atoms with Crippen LogP contribution in [0.15, 0.2) is 53.7 Å². The Morgan fingerprint density at radius 3 is 2.43 bits per heavy atom. The average Bonchev–Trinajstić information content (AvgIpc) is 2.62. The highest BCUT2D eigenvalue weighted by atomic mass is 32.2. The molecule has 1 fully saturated rings. The Bertz CT molecular complexity index is 823. The topological polar surface area (TPSA) is 77.3 Å². The summed E-state index contributed by atoms with van der Waals surface area (Å²) in [5.41, 5.74) is 1.46. The minimum absolute atomic E-state index is 0.214. The molecule has 1 aliphatic heterocycles. The number of hydrogen-bond acceptors (Lipinski definition) is 5. The summed E-state index contributed by atoms with van der Waals surface area (Å²) in [4.78, 5) is 6.14. The summed E-state index contributed by atoms with van der Waals surface area (Å²) >= 11 is 0. The van der Waals surface area contributed by atoms with E-state index in [1.54, 1.807) is 24.4 Å². The Hall–Kier alpha value is -2.43. The summed E-state index contributed by atoms with van der Waals surface area (Å²) in [7, 11) is -3.50. The Morgan fingerprint density at radius 2 is 1.78 bits per heavy atom. The van der Waals surface area contributed by atoms with Crippen molar-refractivity contribution in [1.29, 1.82) is 5.26 Å². The van der Waals surface area contributed by atoms with Crippen molar-refractivity contribution in [3.05, 3.63) is 54.4 Å². The van der Waals surface area contributed by atoms with Gasteiger partial charge in [0.05, 0.1) is 11.3 Å². The zero-order chi connectivity index (χ0) is 16.3. The zero-order valence-corrected chi connectivity index (χ0v) is 13.3. The number of anilines is 1. The highest BCUT2D eigenvalue weighted by Gasteiger charge is 2.29. The summed E-state index contributed by atoms with van der Waals surface area (Å²) in [6, 6.07) is 12.7. The SMILES string of the molecule is N#Cc1ccccc1N1CCN(S(=O)(=O)c2cccnc2)CC1. The molecular weight excluding hydrogens is 312 g/mol. The number of nitriles is 1. The molecule has 0 amide bonds. The predicted octanol–water partition coefficient (Wildman–Crippen LogP) is 1.46. The summed E-state index contributed by atoms with van der Waals surface area (Å²) in [5, 5.41) is 9.19. The van der Waals surface area contributed by atoms with Crippen LogP contribution in [0.4, 0.5) is 5.69 Å². The molecular formula is C16H16N4O2S. The third-order valence-corrected chi connectivity index (χ3v) is 5.76. The van der Waals surface area contributed by atoms with Gasteiger partial charge in [-0.15, -0.1) is 0 Å². The van der Waals surface area contributed by atoms with E-state index in [0.717, 1.165) is 5.69 Å². The first-order valence-electron chi connectivity index (χ1n) is 7.27. The third-order valence-electron chi connectivity index (χ3n) is 3.88. The standard InChI is InChI=1S/C16H16N4O2S/c17-12-14-4-1-2-6-16(14)19-8-10-20(11-9-19)23(21,22)15-5-3-7-18-13-15/h1-7,13H,8-11H2. The molecule has 0 radical (unpaired) electrons. The lowest BCUT2D eigenvalue weighted by molar-refractivity contribution is 0.384. The first-order valence-corrected chi connectivity index (χ1v) is 8.71. The molecule has 0 bridgehead atoms. The van der Waals surface area contributed by atoms with Crippen molar-refractivity contribution in [2.24, 2.45) is 0 Å². The molecule has 0 spiro atoms. The quantitative estimate of drug-likeness (QED) is 0.852. The van der Waals surface area contributed by atoms with Crippen LogP contribution in [0.25, 0.3) is 0 Å². The summed E-state index contributed by atoms with van der Waals surface area (Å²) in [5.74, 6) is 0. The van der Waals surface area contributed by atoms with Crippen molar-refractivity contribution in [1.82, 2.24) is 9.29 Å². The predicted molar refractivity (Wildman–Crippen MR) is 86.4 cm³/mol. The normalized spacial score (nSPS) is 16.0. The van der Waals surface area contributed by atoms with Crippen LogP contribution in [-0.4, -0.2) is 43.9 Å². The first-order chi connectivity index (χ1) is 11.1. The van der Waals surface area contributed by atoms with Crippen LogP contribution in [0, 0.1) is 11.3 Å². The highest BCUT2D eigenvalue weighted by Crippen LogP contribution is 2.23. The molecule has 7 heteroatoms. The average molecular weight is 328 g/mol. The van der Waals surface area contributed by atoms with Crippen molar-refractivity contribution < 1.29 is 8.42 Å². The van der Waals surface area contributed by atoms with E-state index in [-0.39, 0.29) is 4.90 Å². The van der Waals surface area contributed by atoms with Gasteiger partial charge in [0.25, 0.3) is 0 Å². The molecule has 0 saturated carbocycles. The minimum Gasteiger partial charge on any atom is -0.368 e. The van der Waals surface area contributed by atoms with E-state index in [1.165, 1.54) is 10.5 Å². The number of para-hydroxylation sites is 1. The fourth-order valence-corrected chi connectivity index (χ4v) is 4.05. The second kappa shape index (κ2) is 6.36. The van der Waals surface area contributed by atoms with Crippen molar-refractivity contribution >= 4 is 15.7 Å². The zero-order valence-electron chi connectivity index (χ0n) is 12.5. The number of piperazine rings is 1. The van der Waals surface area contributed by atoms with E-state index in [9.17, 15) is 13.7 Å². The Morgan fingerprint density at radius 1 is 1.04 bits per heavy atom. The summed E-state index contributed by atoms with van der Waals surface area (Å²) < 4.78 is 26.6. The van der Waals surface area contributed by atoms with Gasteiger partial charge in [0.2, 0.25) is 10.0 Å². The maximum absolute atomic E-state index is 12.6. The van der Waals surface area contributed by atoms with Crippen molar-refractivity contribution in [3.8, 4) is 6.07 Å². The highest BCUT2D eigenvalue weighted by molar-refractivity contribution is 7.89. The lowest BCUT2D eigenvalue weighted by Crippen LogP contribution is -2.48. The number of aromatic nitrogens is 1. The molecule has 3 rings (SSSR count). The van der Waals surface area contributed by atoms with Crippen LogP contribution in [0.2, 0.25) is 0 Å². The number of benzene rings is 1. The van der Waals surface area contributed by atoms with Gasteiger partial charge in [-0.25, -0.2) is 8.42 Å². The van der Waals surface area contributed by atoms with Gasteiger partial charge >= 0.3 is 0 Å². The van der Waals surface area contributed by atoms with Gasteiger partial charge < -0.3 is 4.90 Å². The molecule has 2 heterocycles. The molecule has 118 valence electrons. The molecule has 0 atom stereocenters. The van der Waals surface area contributed by atoms with Gasteiger partial charge in [0.15, 0.2) is 0 Å². The summed E-state index contributed by atoms with van der Waals surface area (Å²) in [6.07, 6.45) is 2.92. The van der Waals surface area contributed by atoms with Gasteiger partial charge in [0.1, 0.15) is 11.0 Å². The first kappa shape index (κ1) is 15.5. The number of nitrogens with zero attached hydrogens (tertiary/aromatic N) is 4. The lowest BCUT2D eigenvalue weighted by atomic mass is 10.1. The van der Waals surface area contributed by atoms with Crippen molar-refractivity contribution in [2.45, 2.75) is 4.90 Å². The fraction of sp³-hybridized carbons (Fsp3) is 0.250. The van der Waals surface area contributed by atoms with E-state index in [4.69, 9.17) is 0 Å². The molecule has 2 aromatic rings. The monoisotopic (exact) mass is 328 g/mol. The van der Waals surface area contributed by atoms with E-state index in [2.05, 4.69) is 11.1 Å². The molecule has 1 aromatic carbocycles. The molecule has 23 heavy (non-hydrogen) atoms. The van der Waals surface area contributed by atoms with E-state index < -0.39 is 10.0 Å². The van der Waals surface area contributed by atoms with Crippen LogP contribution in [-0.2, 0) is 10.0 Å². The van der Waals surface area contributed by atoms with Gasteiger partial charge in [0, 0.05) is 38.6 Å². The minimum atomic E-state index is -3.50. The molecule has 1 saturated heterocycles. The Kier molecular flexibility index (Phi) is 4.28. The second-order valence-electron chi connectivity index (χ2n) is 5.21. The van der Waals surface area contributed by atoms with Crippen LogP contribution in [0.1, 0.15) is 5.56 Å². The maximum Gasteiger partial charge on any atom is 0.244 e. The van der Waals surface area contributed by atoms with Gasteiger partial charge in [-0.2, -0.15) is 9.57 Å². The molecule has 0 N–H and O–H groups in total.